The SMILES string of the molecule is CCCCCCCOC(=O)CCCCC(=O)Oc1cc(Cl)c(Cl)c(Cl)c1. The van der Waals surface area contributed by atoms with Crippen molar-refractivity contribution in [2.45, 2.75) is 64.7 Å². The number of carbonyl (C=O) groups excluding carboxylic acids is 2. The van der Waals surface area contributed by atoms with Gasteiger partial charge < -0.3 is 9.47 Å². The molecular weight excluding hydrogens is 399 g/mol. The lowest BCUT2D eigenvalue weighted by Gasteiger charge is -2.07. The molecule has 0 aliphatic heterocycles. The van der Waals surface area contributed by atoms with Gasteiger partial charge in [-0.1, -0.05) is 67.4 Å². The number of hydrogen-bond acceptors (Lipinski definition) is 4. The van der Waals surface area contributed by atoms with Crippen molar-refractivity contribution in [3.05, 3.63) is 27.2 Å². The molecule has 0 aliphatic carbocycles. The molecule has 0 saturated heterocycles. The van der Waals surface area contributed by atoms with Crippen LogP contribution in [0.5, 0.6) is 5.75 Å². The highest BCUT2D eigenvalue weighted by atomic mass is 35.5. The third-order valence-electron chi connectivity index (χ3n) is 3.71. The quantitative estimate of drug-likeness (QED) is 0.164. The van der Waals surface area contributed by atoms with E-state index in [0.717, 1.165) is 12.8 Å². The number of esters is 2. The molecule has 0 atom stereocenters. The van der Waals surface area contributed by atoms with Gasteiger partial charge in [-0.05, 0) is 19.3 Å². The van der Waals surface area contributed by atoms with Gasteiger partial charge in [0.05, 0.1) is 21.7 Å². The smallest absolute Gasteiger partial charge is 0.311 e. The van der Waals surface area contributed by atoms with Gasteiger partial charge in [-0.15, -0.1) is 0 Å². The van der Waals surface area contributed by atoms with Gasteiger partial charge in [-0.3, -0.25) is 9.59 Å². The van der Waals surface area contributed by atoms with Gasteiger partial charge in [-0.25, -0.2) is 0 Å². The Bertz CT molecular complexity index is 567. The molecule has 0 N–H and O–H groups in total. The first-order valence-corrected chi connectivity index (χ1v) is 10.1. The number of benzene rings is 1. The van der Waals surface area contributed by atoms with Crippen LogP contribution in [0.25, 0.3) is 0 Å². The molecule has 26 heavy (non-hydrogen) atoms. The summed E-state index contributed by atoms with van der Waals surface area (Å²) in [7, 11) is 0. The minimum absolute atomic E-state index is 0.197. The highest BCUT2D eigenvalue weighted by Crippen LogP contribution is 2.34. The molecule has 0 aromatic heterocycles. The Balaban J connectivity index is 2.13. The Morgan fingerprint density at radius 2 is 1.42 bits per heavy atom. The van der Waals surface area contributed by atoms with E-state index in [1.165, 1.54) is 31.4 Å². The van der Waals surface area contributed by atoms with E-state index in [2.05, 4.69) is 6.92 Å². The van der Waals surface area contributed by atoms with Crippen molar-refractivity contribution in [1.29, 1.82) is 0 Å². The van der Waals surface area contributed by atoms with Crippen LogP contribution in [0.1, 0.15) is 64.7 Å². The summed E-state index contributed by atoms with van der Waals surface area (Å²) in [6, 6.07) is 2.87. The van der Waals surface area contributed by atoms with Gasteiger partial charge in [-0.2, -0.15) is 0 Å². The van der Waals surface area contributed by atoms with Crippen molar-refractivity contribution in [3.8, 4) is 5.75 Å². The van der Waals surface area contributed by atoms with Gasteiger partial charge in [0.2, 0.25) is 0 Å². The van der Waals surface area contributed by atoms with Crippen molar-refractivity contribution in [1.82, 2.24) is 0 Å². The predicted molar refractivity (Wildman–Crippen MR) is 105 cm³/mol. The molecular formula is C19H25Cl3O4. The molecule has 0 fully saturated rings. The molecule has 0 bridgehead atoms. The second-order valence-electron chi connectivity index (χ2n) is 6.02. The molecule has 0 unspecified atom stereocenters. The Morgan fingerprint density at radius 1 is 0.846 bits per heavy atom. The lowest BCUT2D eigenvalue weighted by atomic mass is 10.2. The van der Waals surface area contributed by atoms with Crippen molar-refractivity contribution in [2.24, 2.45) is 0 Å². The zero-order valence-electron chi connectivity index (χ0n) is 15.0. The summed E-state index contributed by atoms with van der Waals surface area (Å²) in [6.07, 6.45) is 7.21. The maximum Gasteiger partial charge on any atom is 0.311 e. The average molecular weight is 424 g/mol. The highest BCUT2D eigenvalue weighted by molar-refractivity contribution is 6.48. The van der Waals surface area contributed by atoms with E-state index >= 15 is 0 Å². The fourth-order valence-electron chi connectivity index (χ4n) is 2.28. The van der Waals surface area contributed by atoms with E-state index in [1.807, 2.05) is 0 Å². The highest BCUT2D eigenvalue weighted by Gasteiger charge is 2.11. The molecule has 0 saturated carbocycles. The largest absolute Gasteiger partial charge is 0.466 e. The van der Waals surface area contributed by atoms with Crippen LogP contribution in [0.4, 0.5) is 0 Å². The molecule has 146 valence electrons. The second-order valence-corrected chi connectivity index (χ2v) is 7.21. The van der Waals surface area contributed by atoms with E-state index in [-0.39, 0.29) is 33.2 Å². The molecule has 4 nitrogen and oxygen atoms in total. The van der Waals surface area contributed by atoms with Gasteiger partial charge in [0.25, 0.3) is 0 Å². The molecule has 0 spiro atoms. The number of hydrogen-bond donors (Lipinski definition) is 0. The number of unbranched alkanes of at least 4 members (excludes halogenated alkanes) is 5. The molecule has 0 heterocycles. The van der Waals surface area contributed by atoms with E-state index in [1.54, 1.807) is 0 Å². The third-order valence-corrected chi connectivity index (χ3v) is 4.91. The molecule has 1 aromatic carbocycles. The minimum Gasteiger partial charge on any atom is -0.466 e. The molecule has 1 rings (SSSR count). The maximum atomic E-state index is 11.8. The molecule has 0 aliphatic rings. The first kappa shape index (κ1) is 23.1. The van der Waals surface area contributed by atoms with Crippen LogP contribution >= 0.6 is 34.8 Å². The van der Waals surface area contributed by atoms with Gasteiger partial charge in [0, 0.05) is 25.0 Å². The van der Waals surface area contributed by atoms with Gasteiger partial charge in [0.15, 0.2) is 0 Å². The number of ether oxygens (including phenoxy) is 2. The number of halogens is 3. The van der Waals surface area contributed by atoms with Crippen LogP contribution in [-0.2, 0) is 14.3 Å². The Morgan fingerprint density at radius 3 is 2.04 bits per heavy atom. The summed E-state index contributed by atoms with van der Waals surface area (Å²) >= 11 is 17.6. The Kier molecular flexibility index (Phi) is 11.7. The summed E-state index contributed by atoms with van der Waals surface area (Å²) in [4.78, 5) is 23.4. The zero-order chi connectivity index (χ0) is 19.4. The first-order valence-electron chi connectivity index (χ1n) is 8.95. The lowest BCUT2D eigenvalue weighted by molar-refractivity contribution is -0.144. The topological polar surface area (TPSA) is 52.6 Å². The minimum atomic E-state index is -0.413. The standard InChI is InChI=1S/C19H25Cl3O4/c1-2-3-4-5-8-11-25-17(23)9-6-7-10-18(24)26-14-12-15(20)19(22)16(21)13-14/h12-13H,2-11H2,1H3. The normalized spacial score (nSPS) is 10.6. The maximum absolute atomic E-state index is 11.8. The second kappa shape index (κ2) is 13.2. The number of rotatable bonds is 12. The van der Waals surface area contributed by atoms with Crippen LogP contribution in [0.3, 0.4) is 0 Å². The average Bonchev–Trinajstić information content (AvgIpc) is 2.59. The fraction of sp³-hybridized carbons (Fsp3) is 0.579. The number of carbonyl (C=O) groups is 2. The van der Waals surface area contributed by atoms with Crippen LogP contribution in [0.2, 0.25) is 15.1 Å². The molecule has 0 amide bonds. The van der Waals surface area contributed by atoms with Gasteiger partial charge in [0.1, 0.15) is 5.75 Å². The Hall–Kier alpha value is -0.970. The van der Waals surface area contributed by atoms with Crippen molar-refractivity contribution in [2.75, 3.05) is 6.61 Å². The first-order chi connectivity index (χ1) is 12.4. The van der Waals surface area contributed by atoms with Crippen molar-refractivity contribution in [3.63, 3.8) is 0 Å². The summed E-state index contributed by atoms with van der Waals surface area (Å²) in [5.74, 6) is -0.384. The third kappa shape index (κ3) is 9.65. The zero-order valence-corrected chi connectivity index (χ0v) is 17.3. The van der Waals surface area contributed by atoms with Gasteiger partial charge >= 0.3 is 11.9 Å². The van der Waals surface area contributed by atoms with E-state index < -0.39 is 5.97 Å². The summed E-state index contributed by atoms with van der Waals surface area (Å²) in [6.45, 7) is 2.64. The summed E-state index contributed by atoms with van der Waals surface area (Å²) < 4.78 is 10.3. The fourth-order valence-corrected chi connectivity index (χ4v) is 2.85. The Labute approximate surface area is 170 Å². The molecule has 7 heteroatoms. The predicted octanol–water partition coefficient (Wildman–Crippen LogP) is 6.63. The monoisotopic (exact) mass is 422 g/mol. The lowest BCUT2D eigenvalue weighted by Crippen LogP contribution is -2.09. The van der Waals surface area contributed by atoms with Crippen LogP contribution in [0, 0.1) is 0 Å². The van der Waals surface area contributed by atoms with Crippen molar-refractivity contribution < 1.29 is 19.1 Å². The van der Waals surface area contributed by atoms with Crippen LogP contribution in [-0.4, -0.2) is 18.5 Å². The van der Waals surface area contributed by atoms with E-state index in [4.69, 9.17) is 44.3 Å². The van der Waals surface area contributed by atoms with E-state index in [0.29, 0.717) is 25.9 Å². The summed E-state index contributed by atoms with van der Waals surface area (Å²) in [5, 5.41) is 0.663. The summed E-state index contributed by atoms with van der Waals surface area (Å²) in [5.41, 5.74) is 0. The van der Waals surface area contributed by atoms with Crippen LogP contribution < -0.4 is 4.74 Å². The van der Waals surface area contributed by atoms with Crippen molar-refractivity contribution >= 4 is 46.7 Å². The van der Waals surface area contributed by atoms with Crippen LogP contribution in [0.15, 0.2) is 12.1 Å². The van der Waals surface area contributed by atoms with E-state index in [9.17, 15) is 9.59 Å². The molecule has 0 radical (unpaired) electrons. The molecule has 1 aromatic rings.